The second-order valence-corrected chi connectivity index (χ2v) is 5.36. The molecule has 15 heavy (non-hydrogen) atoms. The quantitative estimate of drug-likeness (QED) is 0.672. The predicted molar refractivity (Wildman–Crippen MR) is 62.8 cm³/mol. The Morgan fingerprint density at radius 3 is 2.47 bits per heavy atom. The molecule has 0 bridgehead atoms. The molecule has 0 aliphatic heterocycles. The number of fused-ring (bicyclic) bond motifs is 1. The van der Waals surface area contributed by atoms with E-state index < -0.39 is 0 Å². The Hall–Kier alpha value is -1.04. The van der Waals surface area contributed by atoms with Crippen molar-refractivity contribution in [3.8, 4) is 0 Å². The third kappa shape index (κ3) is 1.27. The van der Waals surface area contributed by atoms with Gasteiger partial charge in [0.05, 0.1) is 0 Å². The van der Waals surface area contributed by atoms with E-state index in [-0.39, 0.29) is 0 Å². The molecule has 0 saturated heterocycles. The number of allylic oxidation sites excluding steroid dienone is 1. The van der Waals surface area contributed by atoms with Crippen LogP contribution in [0.1, 0.15) is 48.3 Å². The molecule has 0 unspecified atom stereocenters. The third-order valence-corrected chi connectivity index (χ3v) is 4.07. The van der Waals surface area contributed by atoms with E-state index in [1.54, 1.807) is 22.3 Å². The van der Waals surface area contributed by atoms with Gasteiger partial charge in [-0.3, -0.25) is 0 Å². The zero-order chi connectivity index (χ0) is 9.83. The maximum Gasteiger partial charge on any atom is -0.00549 e. The highest BCUT2D eigenvalue weighted by molar-refractivity contribution is 5.68. The summed E-state index contributed by atoms with van der Waals surface area (Å²) < 4.78 is 0. The van der Waals surface area contributed by atoms with Crippen LogP contribution in [-0.2, 0) is 6.42 Å². The number of hydrogen-bond donors (Lipinski definition) is 0. The molecule has 3 aliphatic rings. The second-order valence-electron chi connectivity index (χ2n) is 5.36. The number of hydrogen-bond acceptors (Lipinski definition) is 0. The Morgan fingerprint density at radius 1 is 0.933 bits per heavy atom. The molecule has 1 aromatic rings. The van der Waals surface area contributed by atoms with Gasteiger partial charge in [-0.2, -0.15) is 0 Å². The first-order valence-electron chi connectivity index (χ1n) is 6.24. The molecule has 0 amide bonds. The molecule has 0 heteroatoms. The van der Waals surface area contributed by atoms with Crippen molar-refractivity contribution >= 4 is 6.08 Å². The molecule has 76 valence electrons. The molecular weight excluding hydrogens is 180 g/mol. The van der Waals surface area contributed by atoms with E-state index in [4.69, 9.17) is 0 Å². The Kier molecular flexibility index (Phi) is 1.49. The lowest BCUT2D eigenvalue weighted by Crippen LogP contribution is -1.89. The van der Waals surface area contributed by atoms with Gasteiger partial charge in [-0.15, -0.1) is 0 Å². The Labute approximate surface area is 91.0 Å². The minimum atomic E-state index is 0.898. The summed E-state index contributed by atoms with van der Waals surface area (Å²) in [6.45, 7) is 0. The molecule has 0 N–H and O–H groups in total. The standard InChI is InChI=1S/C15H16/c1-2-12-8-13(10-4-5-10)9-15(12)14(3-1)11-6-7-11/h1-3,9-11H,4-8H2. The van der Waals surface area contributed by atoms with Crippen molar-refractivity contribution in [1.29, 1.82) is 0 Å². The van der Waals surface area contributed by atoms with Crippen molar-refractivity contribution < 1.29 is 0 Å². The van der Waals surface area contributed by atoms with Crippen LogP contribution >= 0.6 is 0 Å². The van der Waals surface area contributed by atoms with Crippen molar-refractivity contribution in [2.24, 2.45) is 5.92 Å². The first kappa shape index (κ1) is 8.15. The Bertz CT molecular complexity index is 445. The molecule has 0 atom stereocenters. The fraction of sp³-hybridized carbons (Fsp3) is 0.467. The van der Waals surface area contributed by atoms with E-state index in [0.29, 0.717) is 0 Å². The van der Waals surface area contributed by atoms with Crippen LogP contribution in [0.5, 0.6) is 0 Å². The largest absolute Gasteiger partial charge is 0.0621 e. The van der Waals surface area contributed by atoms with Crippen LogP contribution in [0.15, 0.2) is 23.8 Å². The lowest BCUT2D eigenvalue weighted by atomic mass is 10.00. The van der Waals surface area contributed by atoms with E-state index in [9.17, 15) is 0 Å². The zero-order valence-corrected chi connectivity index (χ0v) is 9.00. The normalized spacial score (nSPS) is 23.9. The smallest absolute Gasteiger partial charge is 0.00549 e. The van der Waals surface area contributed by atoms with Crippen LogP contribution in [0.4, 0.5) is 0 Å². The van der Waals surface area contributed by atoms with Crippen LogP contribution in [0, 0.1) is 5.92 Å². The molecule has 0 spiro atoms. The van der Waals surface area contributed by atoms with Crippen LogP contribution in [-0.4, -0.2) is 0 Å². The molecule has 1 aromatic carbocycles. The van der Waals surface area contributed by atoms with Crippen molar-refractivity contribution in [3.63, 3.8) is 0 Å². The molecule has 0 radical (unpaired) electrons. The molecule has 0 heterocycles. The van der Waals surface area contributed by atoms with E-state index >= 15 is 0 Å². The highest BCUT2D eigenvalue weighted by Gasteiger charge is 2.32. The minimum absolute atomic E-state index is 0.898. The Balaban J connectivity index is 1.80. The van der Waals surface area contributed by atoms with Gasteiger partial charge in [0.1, 0.15) is 0 Å². The van der Waals surface area contributed by atoms with Gasteiger partial charge >= 0.3 is 0 Å². The average molecular weight is 196 g/mol. The summed E-state index contributed by atoms with van der Waals surface area (Å²) in [5.41, 5.74) is 6.56. The average Bonchev–Trinajstić information content (AvgIpc) is 3.12. The lowest BCUT2D eigenvalue weighted by Gasteiger charge is -2.05. The van der Waals surface area contributed by atoms with E-state index in [0.717, 1.165) is 11.8 Å². The summed E-state index contributed by atoms with van der Waals surface area (Å²) in [5, 5.41) is 0. The van der Waals surface area contributed by atoms with Crippen molar-refractivity contribution in [2.45, 2.75) is 38.0 Å². The molecular formula is C15H16. The minimum Gasteiger partial charge on any atom is -0.0621 e. The van der Waals surface area contributed by atoms with Gasteiger partial charge in [0.25, 0.3) is 0 Å². The van der Waals surface area contributed by atoms with Gasteiger partial charge in [0, 0.05) is 0 Å². The van der Waals surface area contributed by atoms with Gasteiger partial charge in [-0.25, -0.2) is 0 Å². The number of benzene rings is 1. The molecule has 3 aliphatic carbocycles. The van der Waals surface area contributed by atoms with Gasteiger partial charge in [0.2, 0.25) is 0 Å². The molecule has 0 nitrogen and oxygen atoms in total. The van der Waals surface area contributed by atoms with Crippen molar-refractivity contribution in [2.75, 3.05) is 0 Å². The second kappa shape index (κ2) is 2.75. The number of rotatable bonds is 2. The van der Waals surface area contributed by atoms with Crippen LogP contribution in [0.3, 0.4) is 0 Å². The monoisotopic (exact) mass is 196 g/mol. The Morgan fingerprint density at radius 2 is 1.73 bits per heavy atom. The van der Waals surface area contributed by atoms with Gasteiger partial charge < -0.3 is 0 Å². The van der Waals surface area contributed by atoms with E-state index in [2.05, 4.69) is 24.3 Å². The fourth-order valence-electron chi connectivity index (χ4n) is 2.89. The first-order valence-corrected chi connectivity index (χ1v) is 6.24. The summed E-state index contributed by atoms with van der Waals surface area (Å²) in [5.74, 6) is 1.85. The van der Waals surface area contributed by atoms with Crippen LogP contribution in [0.25, 0.3) is 6.08 Å². The summed E-state index contributed by atoms with van der Waals surface area (Å²) in [7, 11) is 0. The summed E-state index contributed by atoms with van der Waals surface area (Å²) in [6, 6.07) is 6.94. The van der Waals surface area contributed by atoms with Crippen molar-refractivity contribution in [3.05, 3.63) is 40.5 Å². The van der Waals surface area contributed by atoms with Gasteiger partial charge in [-0.05, 0) is 60.6 Å². The van der Waals surface area contributed by atoms with E-state index in [1.807, 2.05) is 0 Å². The van der Waals surface area contributed by atoms with Gasteiger partial charge in [0.15, 0.2) is 0 Å². The highest BCUT2D eigenvalue weighted by atomic mass is 14.4. The van der Waals surface area contributed by atoms with Crippen LogP contribution in [0.2, 0.25) is 0 Å². The molecule has 2 saturated carbocycles. The topological polar surface area (TPSA) is 0 Å². The SMILES string of the molecule is C1=C(C2CC2)Cc2cccc(C3CC3)c21. The maximum absolute atomic E-state index is 2.51. The first-order chi connectivity index (χ1) is 7.42. The summed E-state index contributed by atoms with van der Waals surface area (Å²) in [6.07, 6.45) is 9.49. The predicted octanol–water partition coefficient (Wildman–Crippen LogP) is 3.91. The maximum atomic E-state index is 2.51. The zero-order valence-electron chi connectivity index (χ0n) is 9.00. The lowest BCUT2D eigenvalue weighted by molar-refractivity contribution is 0.961. The molecule has 4 rings (SSSR count). The highest BCUT2D eigenvalue weighted by Crippen LogP contribution is 2.47. The van der Waals surface area contributed by atoms with Gasteiger partial charge in [-0.1, -0.05) is 29.8 Å². The molecule has 0 aromatic heterocycles. The van der Waals surface area contributed by atoms with Crippen LogP contribution < -0.4 is 0 Å². The third-order valence-electron chi connectivity index (χ3n) is 4.07. The summed E-state index contributed by atoms with van der Waals surface area (Å²) in [4.78, 5) is 0. The summed E-state index contributed by atoms with van der Waals surface area (Å²) >= 11 is 0. The van der Waals surface area contributed by atoms with E-state index in [1.165, 1.54) is 32.1 Å². The van der Waals surface area contributed by atoms with Crippen molar-refractivity contribution in [1.82, 2.24) is 0 Å². The fourth-order valence-corrected chi connectivity index (χ4v) is 2.89. The molecule has 2 fully saturated rings.